The molecular formula is C23H27N3O3. The minimum atomic E-state index is -0.0584. The maximum atomic E-state index is 13.4. The van der Waals surface area contributed by atoms with Crippen LogP contribution < -0.4 is 4.74 Å². The second-order valence-corrected chi connectivity index (χ2v) is 9.76. The largest absolute Gasteiger partial charge is 0.496 e. The Labute approximate surface area is 170 Å². The van der Waals surface area contributed by atoms with Crippen LogP contribution in [0.1, 0.15) is 50.3 Å². The fraction of sp³-hybridized carbons (Fsp3) is 0.609. The van der Waals surface area contributed by atoms with Crippen molar-refractivity contribution in [2.75, 3.05) is 20.2 Å². The molecule has 1 aromatic heterocycles. The van der Waals surface area contributed by atoms with Crippen LogP contribution in [0.15, 0.2) is 28.8 Å². The first-order valence-corrected chi connectivity index (χ1v) is 10.9. The Bertz CT molecular complexity index is 911. The van der Waals surface area contributed by atoms with E-state index in [-0.39, 0.29) is 11.3 Å². The molecule has 0 N–H and O–H groups in total. The molecule has 2 heterocycles. The highest BCUT2D eigenvalue weighted by atomic mass is 16.5. The number of carbonyl (C=O) groups excluding carboxylic acids is 1. The summed E-state index contributed by atoms with van der Waals surface area (Å²) in [6.07, 6.45) is 7.46. The number of aromatic nitrogens is 2. The Kier molecular flexibility index (Phi) is 3.81. The number of hydrogen-bond donors (Lipinski definition) is 0. The van der Waals surface area contributed by atoms with E-state index < -0.39 is 0 Å². The molecule has 4 saturated carbocycles. The van der Waals surface area contributed by atoms with Gasteiger partial charge in [0.25, 0.3) is 0 Å². The van der Waals surface area contributed by atoms with Gasteiger partial charge in [0.1, 0.15) is 5.75 Å². The SMILES string of the molecule is COc1ccccc1-c1noc(C2CN(C(=O)C34CC5CC(CC(C5)C3)C4)C2)n1. The molecule has 0 unspecified atom stereocenters. The Balaban J connectivity index is 1.15. The molecule has 5 aliphatic rings. The van der Waals surface area contributed by atoms with E-state index in [9.17, 15) is 4.79 Å². The van der Waals surface area contributed by atoms with Crippen molar-refractivity contribution in [3.8, 4) is 17.1 Å². The lowest BCUT2D eigenvalue weighted by Crippen LogP contribution is -2.59. The van der Waals surface area contributed by atoms with Gasteiger partial charge in [-0.15, -0.1) is 0 Å². The van der Waals surface area contributed by atoms with Crippen LogP contribution in [0.4, 0.5) is 0 Å². The van der Waals surface area contributed by atoms with Crippen LogP contribution in [0.25, 0.3) is 11.4 Å². The first-order chi connectivity index (χ1) is 14.1. The Morgan fingerprint density at radius 2 is 1.76 bits per heavy atom. The van der Waals surface area contributed by atoms with Gasteiger partial charge >= 0.3 is 0 Å². The maximum Gasteiger partial charge on any atom is 0.233 e. The highest BCUT2D eigenvalue weighted by molar-refractivity contribution is 5.84. The molecule has 1 saturated heterocycles. The maximum absolute atomic E-state index is 13.4. The molecule has 4 aliphatic carbocycles. The van der Waals surface area contributed by atoms with E-state index in [1.54, 1.807) is 7.11 Å². The molecule has 152 valence electrons. The van der Waals surface area contributed by atoms with Crippen LogP contribution >= 0.6 is 0 Å². The topological polar surface area (TPSA) is 68.5 Å². The van der Waals surface area contributed by atoms with Crippen molar-refractivity contribution < 1.29 is 14.1 Å². The number of carbonyl (C=O) groups is 1. The molecule has 4 bridgehead atoms. The Morgan fingerprint density at radius 1 is 1.10 bits per heavy atom. The van der Waals surface area contributed by atoms with E-state index in [0.717, 1.165) is 48.3 Å². The molecule has 0 radical (unpaired) electrons. The summed E-state index contributed by atoms with van der Waals surface area (Å²) < 4.78 is 10.9. The normalized spacial score (nSPS) is 33.0. The summed E-state index contributed by atoms with van der Waals surface area (Å²) >= 11 is 0. The zero-order valence-corrected chi connectivity index (χ0v) is 16.8. The van der Waals surface area contributed by atoms with Crippen molar-refractivity contribution in [2.45, 2.75) is 44.4 Å². The Hall–Kier alpha value is -2.37. The molecule has 5 fully saturated rings. The molecular weight excluding hydrogens is 366 g/mol. The number of ether oxygens (including phenoxy) is 1. The van der Waals surface area contributed by atoms with Crippen molar-refractivity contribution in [2.24, 2.45) is 23.2 Å². The summed E-state index contributed by atoms with van der Waals surface area (Å²) in [5.41, 5.74) is 0.766. The van der Waals surface area contributed by atoms with E-state index in [2.05, 4.69) is 10.1 Å². The molecule has 29 heavy (non-hydrogen) atoms. The smallest absolute Gasteiger partial charge is 0.233 e. The van der Waals surface area contributed by atoms with Gasteiger partial charge in [-0.1, -0.05) is 17.3 Å². The lowest BCUT2D eigenvalue weighted by molar-refractivity contribution is -0.162. The highest BCUT2D eigenvalue weighted by Crippen LogP contribution is 2.61. The standard InChI is InChI=1S/C23H27N3O3/c1-28-19-5-3-2-4-18(19)20-24-21(29-25-20)17-12-26(13-17)22(27)23-9-14-6-15(10-23)8-16(7-14)11-23/h2-5,14-17H,6-13H2,1H3. The van der Waals surface area contributed by atoms with Crippen molar-refractivity contribution in [3.63, 3.8) is 0 Å². The number of nitrogens with zero attached hydrogens (tertiary/aromatic N) is 3. The van der Waals surface area contributed by atoms with Crippen molar-refractivity contribution in [1.82, 2.24) is 15.0 Å². The first-order valence-electron chi connectivity index (χ1n) is 10.9. The third-order valence-electron chi connectivity index (χ3n) is 7.80. The molecule has 1 aliphatic heterocycles. The summed E-state index contributed by atoms with van der Waals surface area (Å²) in [6, 6.07) is 7.67. The monoisotopic (exact) mass is 393 g/mol. The molecule has 1 aromatic carbocycles. The lowest BCUT2D eigenvalue weighted by Gasteiger charge is -2.57. The zero-order chi connectivity index (χ0) is 19.6. The van der Waals surface area contributed by atoms with Gasteiger partial charge in [0, 0.05) is 13.1 Å². The van der Waals surface area contributed by atoms with Gasteiger partial charge in [-0.25, -0.2) is 0 Å². The van der Waals surface area contributed by atoms with Crippen LogP contribution in [0.3, 0.4) is 0 Å². The quantitative estimate of drug-likeness (QED) is 0.788. The number of amides is 1. The van der Waals surface area contributed by atoms with Crippen molar-refractivity contribution in [3.05, 3.63) is 30.2 Å². The number of rotatable bonds is 4. The zero-order valence-electron chi connectivity index (χ0n) is 16.8. The van der Waals surface area contributed by atoms with E-state index in [1.165, 1.54) is 19.3 Å². The van der Waals surface area contributed by atoms with E-state index in [0.29, 0.717) is 30.7 Å². The predicted molar refractivity (Wildman–Crippen MR) is 106 cm³/mol. The average molecular weight is 393 g/mol. The predicted octanol–water partition coefficient (Wildman–Crippen LogP) is 3.89. The van der Waals surface area contributed by atoms with Gasteiger partial charge in [-0.2, -0.15) is 4.98 Å². The highest BCUT2D eigenvalue weighted by Gasteiger charge is 2.56. The summed E-state index contributed by atoms with van der Waals surface area (Å²) in [7, 11) is 1.64. The van der Waals surface area contributed by atoms with Crippen molar-refractivity contribution in [1.29, 1.82) is 0 Å². The van der Waals surface area contributed by atoms with Crippen molar-refractivity contribution >= 4 is 5.91 Å². The molecule has 0 atom stereocenters. The fourth-order valence-corrected chi connectivity index (χ4v) is 6.85. The van der Waals surface area contributed by atoms with E-state index >= 15 is 0 Å². The summed E-state index contributed by atoms with van der Waals surface area (Å²) in [4.78, 5) is 20.1. The van der Waals surface area contributed by atoms with Crippen LogP contribution in [0.5, 0.6) is 5.75 Å². The van der Waals surface area contributed by atoms with Gasteiger partial charge in [0.15, 0.2) is 0 Å². The second-order valence-electron chi connectivity index (χ2n) is 9.76. The van der Waals surface area contributed by atoms with Gasteiger partial charge in [0.2, 0.25) is 17.6 Å². The summed E-state index contributed by atoms with van der Waals surface area (Å²) in [5.74, 6) is 4.82. The molecule has 6 nitrogen and oxygen atoms in total. The van der Waals surface area contributed by atoms with Crippen LogP contribution in [-0.2, 0) is 4.79 Å². The third kappa shape index (κ3) is 2.71. The third-order valence-corrected chi connectivity index (χ3v) is 7.80. The van der Waals surface area contributed by atoms with Crippen LogP contribution in [0.2, 0.25) is 0 Å². The van der Waals surface area contributed by atoms with Gasteiger partial charge in [-0.3, -0.25) is 4.79 Å². The average Bonchev–Trinajstić information content (AvgIpc) is 3.15. The number of para-hydroxylation sites is 1. The van der Waals surface area contributed by atoms with Crippen LogP contribution in [0, 0.1) is 23.2 Å². The minimum absolute atomic E-state index is 0.0584. The van der Waals surface area contributed by atoms with Gasteiger partial charge < -0.3 is 14.2 Å². The van der Waals surface area contributed by atoms with Gasteiger partial charge in [0.05, 0.1) is 24.0 Å². The Morgan fingerprint density at radius 3 is 2.41 bits per heavy atom. The number of hydrogen-bond acceptors (Lipinski definition) is 5. The lowest BCUT2D eigenvalue weighted by atomic mass is 9.49. The molecule has 6 heteroatoms. The number of likely N-dealkylation sites (tertiary alicyclic amines) is 1. The second kappa shape index (κ2) is 6.31. The van der Waals surface area contributed by atoms with Gasteiger partial charge in [-0.05, 0) is 68.4 Å². The molecule has 0 spiro atoms. The summed E-state index contributed by atoms with van der Waals surface area (Å²) in [5, 5.41) is 4.15. The summed E-state index contributed by atoms with van der Waals surface area (Å²) in [6.45, 7) is 1.41. The van der Waals surface area contributed by atoms with E-state index in [1.807, 2.05) is 29.2 Å². The van der Waals surface area contributed by atoms with Crippen LogP contribution in [-0.4, -0.2) is 41.1 Å². The molecule has 1 amide bonds. The van der Waals surface area contributed by atoms with E-state index in [4.69, 9.17) is 9.26 Å². The molecule has 2 aromatic rings. The minimum Gasteiger partial charge on any atom is -0.496 e. The fourth-order valence-electron chi connectivity index (χ4n) is 6.85. The first kappa shape index (κ1) is 17.5. The number of benzene rings is 1. The number of methoxy groups -OCH3 is 1. The molecule has 7 rings (SSSR count).